The number of carbonyl (C=O) groups is 1. The number of carbonyl (C=O) groups excluding carboxylic acids is 1. The molecule has 0 bridgehead atoms. The molecular weight excluding hydrogens is 468 g/mol. The molecule has 0 fully saturated rings. The van der Waals surface area contributed by atoms with E-state index in [1.165, 1.54) is 13.0 Å². The third kappa shape index (κ3) is 4.89. The number of anilines is 2. The standard InChI is InChI=1S/C24H16Cl2FN3O3/c1-12(14-3-6-17(7-4-14)33-13(2)31)18-9-15(27)10-19-22(18)29-24(30-23(19)32)28-16-5-8-20(25)21(26)11-16/h3-11H,1H2,2H3,(H2,28,29,30,32). The van der Waals surface area contributed by atoms with Gasteiger partial charge in [-0.1, -0.05) is 41.9 Å². The van der Waals surface area contributed by atoms with E-state index in [9.17, 15) is 14.0 Å². The Morgan fingerprint density at radius 1 is 1.09 bits per heavy atom. The number of nitrogens with one attached hydrogen (secondary N) is 2. The molecule has 1 heterocycles. The number of esters is 1. The molecule has 2 N–H and O–H groups in total. The van der Waals surface area contributed by atoms with Crippen molar-refractivity contribution in [2.75, 3.05) is 5.32 Å². The molecule has 0 radical (unpaired) electrons. The van der Waals surface area contributed by atoms with E-state index in [1.807, 2.05) is 0 Å². The van der Waals surface area contributed by atoms with Gasteiger partial charge in [0.2, 0.25) is 5.95 Å². The van der Waals surface area contributed by atoms with Crippen molar-refractivity contribution in [1.82, 2.24) is 9.97 Å². The smallest absolute Gasteiger partial charge is 0.308 e. The molecule has 0 saturated heterocycles. The van der Waals surface area contributed by atoms with Crippen LogP contribution in [0.4, 0.5) is 16.0 Å². The van der Waals surface area contributed by atoms with Crippen molar-refractivity contribution in [3.63, 3.8) is 0 Å². The first kappa shape index (κ1) is 22.5. The lowest BCUT2D eigenvalue weighted by atomic mass is 9.97. The third-order valence-corrected chi connectivity index (χ3v) is 5.49. The average Bonchev–Trinajstić information content (AvgIpc) is 2.76. The van der Waals surface area contributed by atoms with Gasteiger partial charge in [-0.05, 0) is 53.6 Å². The minimum absolute atomic E-state index is 0.0716. The minimum atomic E-state index is -0.604. The Balaban J connectivity index is 1.77. The minimum Gasteiger partial charge on any atom is -0.427 e. The van der Waals surface area contributed by atoms with E-state index in [2.05, 4.69) is 21.9 Å². The fourth-order valence-corrected chi connectivity index (χ4v) is 3.55. The highest BCUT2D eigenvalue weighted by atomic mass is 35.5. The highest BCUT2D eigenvalue weighted by Crippen LogP contribution is 2.30. The largest absolute Gasteiger partial charge is 0.427 e. The van der Waals surface area contributed by atoms with Gasteiger partial charge in [-0.15, -0.1) is 0 Å². The lowest BCUT2D eigenvalue weighted by Crippen LogP contribution is -2.12. The highest BCUT2D eigenvalue weighted by Gasteiger charge is 2.15. The molecule has 0 aliphatic heterocycles. The zero-order chi connectivity index (χ0) is 23.7. The van der Waals surface area contributed by atoms with Gasteiger partial charge in [-0.2, -0.15) is 0 Å². The summed E-state index contributed by atoms with van der Waals surface area (Å²) in [4.78, 5) is 30.9. The first-order valence-electron chi connectivity index (χ1n) is 9.65. The summed E-state index contributed by atoms with van der Waals surface area (Å²) in [5, 5.41) is 3.76. The van der Waals surface area contributed by atoms with Crippen molar-refractivity contribution >= 4 is 57.3 Å². The Kier molecular flexibility index (Phi) is 6.18. The van der Waals surface area contributed by atoms with Crippen LogP contribution in [0.3, 0.4) is 0 Å². The monoisotopic (exact) mass is 483 g/mol. The molecule has 0 aliphatic carbocycles. The molecule has 4 rings (SSSR count). The number of nitrogens with zero attached hydrogens (tertiary/aromatic N) is 1. The van der Waals surface area contributed by atoms with E-state index in [0.717, 1.165) is 6.07 Å². The van der Waals surface area contributed by atoms with Crippen LogP contribution in [0, 0.1) is 5.82 Å². The van der Waals surface area contributed by atoms with Crippen molar-refractivity contribution in [2.45, 2.75) is 6.92 Å². The van der Waals surface area contributed by atoms with Crippen LogP contribution >= 0.6 is 23.2 Å². The highest BCUT2D eigenvalue weighted by molar-refractivity contribution is 6.42. The summed E-state index contributed by atoms with van der Waals surface area (Å²) in [5.41, 5.74) is 1.70. The number of hydrogen-bond acceptors (Lipinski definition) is 5. The van der Waals surface area contributed by atoms with Crippen LogP contribution in [0.15, 0.2) is 66.0 Å². The summed E-state index contributed by atoms with van der Waals surface area (Å²) in [5.74, 6) is -0.543. The number of rotatable bonds is 5. The molecule has 1 aromatic heterocycles. The van der Waals surface area contributed by atoms with Crippen LogP contribution in [-0.2, 0) is 4.79 Å². The van der Waals surface area contributed by atoms with Gasteiger partial charge in [-0.25, -0.2) is 9.37 Å². The molecule has 0 unspecified atom stereocenters. The number of ether oxygens (including phenoxy) is 1. The Bertz CT molecular complexity index is 1470. The molecule has 3 aromatic carbocycles. The number of aromatic nitrogens is 2. The summed E-state index contributed by atoms with van der Waals surface area (Å²) in [6, 6.07) is 13.8. The molecule has 33 heavy (non-hydrogen) atoms. The zero-order valence-corrected chi connectivity index (χ0v) is 18.7. The van der Waals surface area contributed by atoms with Crippen LogP contribution < -0.4 is 15.6 Å². The first-order chi connectivity index (χ1) is 15.7. The maximum absolute atomic E-state index is 14.4. The van der Waals surface area contributed by atoms with Gasteiger partial charge < -0.3 is 10.1 Å². The molecule has 0 spiro atoms. The molecule has 4 aromatic rings. The van der Waals surface area contributed by atoms with E-state index < -0.39 is 17.3 Å². The molecule has 0 aliphatic rings. The number of hydrogen-bond donors (Lipinski definition) is 2. The lowest BCUT2D eigenvalue weighted by molar-refractivity contribution is -0.131. The van der Waals surface area contributed by atoms with Gasteiger partial charge in [0.1, 0.15) is 11.6 Å². The molecule has 0 amide bonds. The fraction of sp³-hybridized carbons (Fsp3) is 0.0417. The normalized spacial score (nSPS) is 10.8. The van der Waals surface area contributed by atoms with Gasteiger partial charge in [0, 0.05) is 18.2 Å². The number of halogens is 3. The van der Waals surface area contributed by atoms with E-state index in [1.54, 1.807) is 42.5 Å². The van der Waals surface area contributed by atoms with Gasteiger partial charge in [0.15, 0.2) is 0 Å². The SMILES string of the molecule is C=C(c1ccc(OC(C)=O)cc1)c1cc(F)cc2c(=O)[nH]c(Nc3ccc(Cl)c(Cl)c3)nc12. The summed E-state index contributed by atoms with van der Waals surface area (Å²) < 4.78 is 19.4. The fourth-order valence-electron chi connectivity index (χ4n) is 3.25. The van der Waals surface area contributed by atoms with Crippen molar-refractivity contribution in [3.05, 3.63) is 98.5 Å². The van der Waals surface area contributed by atoms with E-state index in [4.69, 9.17) is 27.9 Å². The van der Waals surface area contributed by atoms with Crippen molar-refractivity contribution in [1.29, 1.82) is 0 Å². The number of aromatic amines is 1. The predicted molar refractivity (Wildman–Crippen MR) is 128 cm³/mol. The molecule has 0 atom stereocenters. The van der Waals surface area contributed by atoms with Crippen molar-refractivity contribution in [2.24, 2.45) is 0 Å². The molecule has 6 nitrogen and oxygen atoms in total. The second-order valence-electron chi connectivity index (χ2n) is 7.11. The second-order valence-corrected chi connectivity index (χ2v) is 7.93. The number of H-pyrrole nitrogens is 1. The Morgan fingerprint density at radius 3 is 2.48 bits per heavy atom. The summed E-state index contributed by atoms with van der Waals surface area (Å²) >= 11 is 12.0. The van der Waals surface area contributed by atoms with E-state index in [-0.39, 0.29) is 16.9 Å². The van der Waals surface area contributed by atoms with Crippen LogP contribution in [0.25, 0.3) is 16.5 Å². The number of benzene rings is 3. The maximum atomic E-state index is 14.4. The van der Waals surface area contributed by atoms with Gasteiger partial charge in [0.25, 0.3) is 5.56 Å². The second kappa shape index (κ2) is 9.05. The van der Waals surface area contributed by atoms with Crippen molar-refractivity contribution < 1.29 is 13.9 Å². The Morgan fingerprint density at radius 2 is 1.82 bits per heavy atom. The van der Waals surface area contributed by atoms with Crippen LogP contribution in [0.1, 0.15) is 18.1 Å². The van der Waals surface area contributed by atoms with E-state index >= 15 is 0 Å². The summed E-state index contributed by atoms with van der Waals surface area (Å²) in [6.07, 6.45) is 0. The van der Waals surface area contributed by atoms with Gasteiger partial charge in [-0.3, -0.25) is 14.6 Å². The van der Waals surface area contributed by atoms with Gasteiger partial charge in [0.05, 0.1) is 20.9 Å². The van der Waals surface area contributed by atoms with Crippen LogP contribution in [0.2, 0.25) is 10.0 Å². The topological polar surface area (TPSA) is 84.1 Å². The Hall–Kier alpha value is -3.68. The van der Waals surface area contributed by atoms with Crippen LogP contribution in [0.5, 0.6) is 5.75 Å². The summed E-state index contributed by atoms with van der Waals surface area (Å²) in [7, 11) is 0. The van der Waals surface area contributed by atoms with Crippen molar-refractivity contribution in [3.8, 4) is 5.75 Å². The lowest BCUT2D eigenvalue weighted by Gasteiger charge is -2.12. The number of fused-ring (bicyclic) bond motifs is 1. The third-order valence-electron chi connectivity index (χ3n) is 4.75. The molecule has 9 heteroatoms. The average molecular weight is 484 g/mol. The van der Waals surface area contributed by atoms with Crippen LogP contribution in [-0.4, -0.2) is 15.9 Å². The van der Waals surface area contributed by atoms with E-state index in [0.29, 0.717) is 38.2 Å². The zero-order valence-electron chi connectivity index (χ0n) is 17.2. The predicted octanol–water partition coefficient (Wildman–Crippen LogP) is 6.10. The maximum Gasteiger partial charge on any atom is 0.308 e. The quantitative estimate of drug-likeness (QED) is 0.264. The van der Waals surface area contributed by atoms with Gasteiger partial charge >= 0.3 is 5.97 Å². The molecule has 166 valence electrons. The first-order valence-corrected chi connectivity index (χ1v) is 10.4. The molecular formula is C24H16Cl2FN3O3. The summed E-state index contributed by atoms with van der Waals surface area (Å²) in [6.45, 7) is 5.37. The Labute approximate surface area is 197 Å². The molecule has 0 saturated carbocycles.